The number of likely N-dealkylation sites (tertiary alicyclic amines) is 1. The highest BCUT2D eigenvalue weighted by atomic mass is 19.1. The van der Waals surface area contributed by atoms with Gasteiger partial charge in [-0.2, -0.15) is 0 Å². The molecule has 0 radical (unpaired) electrons. The Kier molecular flexibility index (Phi) is 6.30. The van der Waals surface area contributed by atoms with Crippen LogP contribution < -0.4 is 0 Å². The first kappa shape index (κ1) is 11.8. The maximum absolute atomic E-state index is 12.7. The van der Waals surface area contributed by atoms with Gasteiger partial charge in [-0.15, -0.1) is 0 Å². The molecular weight excluding hydrogens is 157 g/mol. The lowest BCUT2D eigenvalue weighted by Crippen LogP contribution is -2.20. The van der Waals surface area contributed by atoms with Gasteiger partial charge in [-0.25, -0.2) is 4.39 Å². The molecule has 2 nitrogen and oxygen atoms in total. The lowest BCUT2D eigenvalue weighted by atomic mass is 10.1. The maximum Gasteiger partial charge on any atom is 0.127 e. The molecule has 0 aromatic rings. The van der Waals surface area contributed by atoms with Gasteiger partial charge in [0.05, 0.1) is 6.10 Å². The molecule has 0 unspecified atom stereocenters. The molecule has 1 fully saturated rings. The fraction of sp³-hybridized carbons (Fsp3) is 1.00. The van der Waals surface area contributed by atoms with Crippen LogP contribution in [0.1, 0.15) is 26.7 Å². The zero-order valence-corrected chi connectivity index (χ0v) is 8.26. The summed E-state index contributed by atoms with van der Waals surface area (Å²) in [5.41, 5.74) is 0. The molecule has 1 saturated heterocycles. The molecule has 12 heavy (non-hydrogen) atoms. The van der Waals surface area contributed by atoms with Crippen LogP contribution in [0.5, 0.6) is 0 Å². The molecule has 0 aromatic heterocycles. The van der Waals surface area contributed by atoms with Crippen molar-refractivity contribution >= 4 is 0 Å². The van der Waals surface area contributed by atoms with E-state index in [0.29, 0.717) is 12.8 Å². The van der Waals surface area contributed by atoms with E-state index in [9.17, 15) is 4.39 Å². The van der Waals surface area contributed by atoms with Crippen LogP contribution in [-0.4, -0.2) is 42.4 Å². The van der Waals surface area contributed by atoms with Crippen LogP contribution in [-0.2, 0) is 0 Å². The van der Waals surface area contributed by atoms with Gasteiger partial charge in [-0.3, -0.25) is 0 Å². The Labute approximate surface area is 74.4 Å². The first-order valence-electron chi connectivity index (χ1n) is 4.71. The summed E-state index contributed by atoms with van der Waals surface area (Å²) in [5, 5.41) is 9.07. The minimum Gasteiger partial charge on any atom is -0.390 e. The summed E-state index contributed by atoms with van der Waals surface area (Å²) in [4.78, 5) is 2.04. The summed E-state index contributed by atoms with van der Waals surface area (Å²) < 4.78 is 12.7. The van der Waals surface area contributed by atoms with Crippen molar-refractivity contribution in [2.24, 2.45) is 0 Å². The summed E-state index contributed by atoms with van der Waals surface area (Å²) in [6, 6.07) is 0. The fourth-order valence-electron chi connectivity index (χ4n) is 1.18. The number of hydrogen-bond acceptors (Lipinski definition) is 2. The fourth-order valence-corrected chi connectivity index (χ4v) is 1.18. The van der Waals surface area contributed by atoms with E-state index in [1.54, 1.807) is 0 Å². The molecule has 0 saturated carbocycles. The smallest absolute Gasteiger partial charge is 0.127 e. The van der Waals surface area contributed by atoms with Crippen LogP contribution in [0, 0.1) is 0 Å². The molecule has 0 aromatic carbocycles. The van der Waals surface area contributed by atoms with Crippen molar-refractivity contribution in [3.63, 3.8) is 0 Å². The molecule has 3 heteroatoms. The van der Waals surface area contributed by atoms with Crippen molar-refractivity contribution in [1.29, 1.82) is 0 Å². The first-order valence-corrected chi connectivity index (χ1v) is 4.71. The van der Waals surface area contributed by atoms with Crippen molar-refractivity contribution < 1.29 is 9.50 Å². The van der Waals surface area contributed by atoms with Crippen molar-refractivity contribution in [1.82, 2.24) is 4.90 Å². The van der Waals surface area contributed by atoms with Crippen molar-refractivity contribution in [3.8, 4) is 0 Å². The third kappa shape index (κ3) is 4.02. The Morgan fingerprint density at radius 3 is 2.33 bits per heavy atom. The van der Waals surface area contributed by atoms with Gasteiger partial charge < -0.3 is 10.0 Å². The number of aliphatic hydroxyl groups is 1. The van der Waals surface area contributed by atoms with Crippen molar-refractivity contribution in [3.05, 3.63) is 0 Å². The standard InChI is InChI=1S/C7H14FNO.C2H6/c1-9-4-2-6(8)7(10)3-5-9;1-2/h6-7,10H,2-5H2,1H3;1-2H3/t6-,7+;/m0./s1. The summed E-state index contributed by atoms with van der Waals surface area (Å²) in [7, 11) is 1.95. The Morgan fingerprint density at radius 1 is 1.25 bits per heavy atom. The molecule has 2 atom stereocenters. The molecular formula is C9H20FNO. The van der Waals surface area contributed by atoms with Crippen LogP contribution in [0.15, 0.2) is 0 Å². The minimum atomic E-state index is -1.01. The Hall–Kier alpha value is -0.150. The summed E-state index contributed by atoms with van der Waals surface area (Å²) in [6.07, 6.45) is -0.704. The minimum absolute atomic E-state index is 0.470. The zero-order valence-electron chi connectivity index (χ0n) is 8.26. The molecule has 74 valence electrons. The molecule has 1 N–H and O–H groups in total. The molecule has 1 heterocycles. The van der Waals surface area contributed by atoms with Gasteiger partial charge >= 0.3 is 0 Å². The molecule has 1 aliphatic rings. The van der Waals surface area contributed by atoms with Crippen LogP contribution in [0.3, 0.4) is 0 Å². The normalized spacial score (nSPS) is 31.8. The topological polar surface area (TPSA) is 23.5 Å². The third-order valence-electron chi connectivity index (χ3n) is 2.01. The number of alkyl halides is 1. The average molecular weight is 177 g/mol. The van der Waals surface area contributed by atoms with E-state index in [1.807, 2.05) is 25.8 Å². The van der Waals surface area contributed by atoms with Crippen LogP contribution in [0.4, 0.5) is 4.39 Å². The monoisotopic (exact) mass is 177 g/mol. The van der Waals surface area contributed by atoms with Crippen molar-refractivity contribution in [2.45, 2.75) is 39.0 Å². The van der Waals surface area contributed by atoms with Crippen molar-refractivity contribution in [2.75, 3.05) is 20.1 Å². The lowest BCUT2D eigenvalue weighted by molar-refractivity contribution is 0.0756. The van der Waals surface area contributed by atoms with Gasteiger partial charge in [0.2, 0.25) is 0 Å². The average Bonchev–Trinajstić information content (AvgIpc) is 2.24. The number of rotatable bonds is 0. The second kappa shape index (κ2) is 6.38. The van der Waals surface area contributed by atoms with E-state index < -0.39 is 12.3 Å². The molecule has 0 bridgehead atoms. The van der Waals surface area contributed by atoms with Gasteiger partial charge in [0.1, 0.15) is 6.17 Å². The predicted molar refractivity (Wildman–Crippen MR) is 49.0 cm³/mol. The highest BCUT2D eigenvalue weighted by Gasteiger charge is 2.22. The van der Waals surface area contributed by atoms with E-state index in [4.69, 9.17) is 5.11 Å². The van der Waals surface area contributed by atoms with E-state index >= 15 is 0 Å². The Bertz CT molecular complexity index is 98.7. The molecule has 0 spiro atoms. The molecule has 1 aliphatic heterocycles. The number of halogens is 1. The molecule has 1 rings (SSSR count). The number of hydrogen-bond donors (Lipinski definition) is 1. The Morgan fingerprint density at radius 2 is 1.75 bits per heavy atom. The highest BCUT2D eigenvalue weighted by molar-refractivity contribution is 4.74. The van der Waals surface area contributed by atoms with Gasteiger partial charge in [0, 0.05) is 13.1 Å². The van der Waals surface area contributed by atoms with Gasteiger partial charge in [-0.05, 0) is 19.9 Å². The Balaban J connectivity index is 0.000000561. The van der Waals surface area contributed by atoms with Crippen LogP contribution in [0.2, 0.25) is 0 Å². The summed E-state index contributed by atoms with van der Waals surface area (Å²) in [6.45, 7) is 5.57. The van der Waals surface area contributed by atoms with E-state index in [-0.39, 0.29) is 0 Å². The number of nitrogens with zero attached hydrogens (tertiary/aromatic N) is 1. The van der Waals surface area contributed by atoms with E-state index in [2.05, 4.69) is 0 Å². The first-order chi connectivity index (χ1) is 5.70. The van der Waals surface area contributed by atoms with E-state index in [1.165, 1.54) is 0 Å². The summed E-state index contributed by atoms with van der Waals surface area (Å²) >= 11 is 0. The highest BCUT2D eigenvalue weighted by Crippen LogP contribution is 2.12. The largest absolute Gasteiger partial charge is 0.390 e. The summed E-state index contributed by atoms with van der Waals surface area (Å²) in [5.74, 6) is 0. The molecule has 0 aliphatic carbocycles. The SMILES string of the molecule is CC.CN1CC[C@@H](O)[C@@H](F)CC1. The number of aliphatic hydroxyl groups excluding tert-OH is 1. The van der Waals surface area contributed by atoms with Gasteiger partial charge in [0.15, 0.2) is 0 Å². The quantitative estimate of drug-likeness (QED) is 0.605. The van der Waals surface area contributed by atoms with Crippen LogP contribution in [0.25, 0.3) is 0 Å². The third-order valence-corrected chi connectivity index (χ3v) is 2.01. The molecule has 0 amide bonds. The zero-order chi connectivity index (χ0) is 9.56. The second-order valence-corrected chi connectivity index (χ2v) is 2.96. The van der Waals surface area contributed by atoms with Crippen LogP contribution >= 0.6 is 0 Å². The maximum atomic E-state index is 12.7. The van der Waals surface area contributed by atoms with Gasteiger partial charge in [0.25, 0.3) is 0 Å². The van der Waals surface area contributed by atoms with Gasteiger partial charge in [-0.1, -0.05) is 13.8 Å². The van der Waals surface area contributed by atoms with E-state index in [0.717, 1.165) is 13.1 Å². The second-order valence-electron chi connectivity index (χ2n) is 2.96. The predicted octanol–water partition coefficient (Wildman–Crippen LogP) is 1.44. The lowest BCUT2D eigenvalue weighted by Gasteiger charge is -2.10.